The standard InChI is InChI=1S/C22H20Cl2N4O2S/c1-27-10-2-3-13(27)8-9-25-21(30)18-19(29)14-5-7-17(24)26-20(14)28-15-11-12(23)4-6-16(15)31-22(18)28/h4-7,11,13H,2-3,8-10H2,1H3,(H,25,30). The van der Waals surface area contributed by atoms with Crippen LogP contribution in [0.25, 0.3) is 26.1 Å². The minimum Gasteiger partial charge on any atom is -0.352 e. The molecule has 0 aliphatic carbocycles. The number of pyridine rings is 2. The van der Waals surface area contributed by atoms with Crippen LogP contribution in [0.1, 0.15) is 29.6 Å². The van der Waals surface area contributed by atoms with Gasteiger partial charge in [0.2, 0.25) is 5.43 Å². The Morgan fingerprint density at radius 2 is 2.13 bits per heavy atom. The molecule has 1 N–H and O–H groups in total. The number of aromatic nitrogens is 2. The predicted molar refractivity (Wildman–Crippen MR) is 127 cm³/mol. The van der Waals surface area contributed by atoms with Crippen LogP contribution in [-0.4, -0.2) is 46.4 Å². The summed E-state index contributed by atoms with van der Waals surface area (Å²) < 4.78 is 2.72. The molecule has 9 heteroatoms. The Bertz CT molecular complexity index is 1400. The molecule has 0 saturated carbocycles. The molecule has 4 aromatic rings. The van der Waals surface area contributed by atoms with Crippen molar-refractivity contribution in [3.8, 4) is 0 Å². The van der Waals surface area contributed by atoms with E-state index in [1.54, 1.807) is 18.2 Å². The summed E-state index contributed by atoms with van der Waals surface area (Å²) in [5.41, 5.74) is 1.00. The first-order valence-corrected chi connectivity index (χ1v) is 11.7. The van der Waals surface area contributed by atoms with Gasteiger partial charge in [-0.25, -0.2) is 4.98 Å². The molecule has 0 spiro atoms. The first-order chi connectivity index (χ1) is 14.9. The van der Waals surface area contributed by atoms with Gasteiger partial charge in [0, 0.05) is 17.6 Å². The van der Waals surface area contributed by atoms with Crippen molar-refractivity contribution >= 4 is 66.5 Å². The van der Waals surface area contributed by atoms with Gasteiger partial charge in [-0.05, 0) is 63.2 Å². The van der Waals surface area contributed by atoms with E-state index in [0.717, 1.165) is 29.6 Å². The minimum atomic E-state index is -0.363. The van der Waals surface area contributed by atoms with Gasteiger partial charge in [0.05, 0.1) is 15.6 Å². The first kappa shape index (κ1) is 20.7. The van der Waals surface area contributed by atoms with Crippen LogP contribution in [0.15, 0.2) is 35.1 Å². The van der Waals surface area contributed by atoms with Gasteiger partial charge in [-0.15, -0.1) is 11.3 Å². The molecule has 1 unspecified atom stereocenters. The van der Waals surface area contributed by atoms with Crippen LogP contribution >= 0.6 is 34.5 Å². The molecule has 1 atom stereocenters. The Kier molecular flexibility index (Phi) is 5.38. The smallest absolute Gasteiger partial charge is 0.258 e. The van der Waals surface area contributed by atoms with Crippen molar-refractivity contribution in [2.75, 3.05) is 20.1 Å². The third-order valence-corrected chi connectivity index (χ3v) is 7.56. The maximum absolute atomic E-state index is 13.3. The molecule has 1 amide bonds. The Balaban J connectivity index is 1.63. The van der Waals surface area contributed by atoms with E-state index in [4.69, 9.17) is 23.2 Å². The van der Waals surface area contributed by atoms with Crippen LogP contribution < -0.4 is 10.7 Å². The Labute approximate surface area is 192 Å². The summed E-state index contributed by atoms with van der Waals surface area (Å²) in [6.45, 7) is 1.61. The Morgan fingerprint density at radius 3 is 2.90 bits per heavy atom. The lowest BCUT2D eigenvalue weighted by molar-refractivity contribution is 0.0951. The number of halogens is 2. The number of benzene rings is 1. The summed E-state index contributed by atoms with van der Waals surface area (Å²) in [5, 5.41) is 4.16. The normalized spacial score (nSPS) is 17.2. The number of rotatable bonds is 4. The summed E-state index contributed by atoms with van der Waals surface area (Å²) in [5.74, 6) is -0.363. The third-order valence-electron chi connectivity index (χ3n) is 5.97. The highest BCUT2D eigenvalue weighted by molar-refractivity contribution is 7.24. The molecule has 0 radical (unpaired) electrons. The fourth-order valence-electron chi connectivity index (χ4n) is 4.37. The molecular weight excluding hydrogens is 455 g/mol. The zero-order chi connectivity index (χ0) is 21.7. The lowest BCUT2D eigenvalue weighted by atomic mass is 10.1. The van der Waals surface area contributed by atoms with Crippen molar-refractivity contribution < 1.29 is 4.79 Å². The lowest BCUT2D eigenvalue weighted by Crippen LogP contribution is -2.34. The van der Waals surface area contributed by atoms with Gasteiger partial charge in [0.25, 0.3) is 5.91 Å². The van der Waals surface area contributed by atoms with Crippen LogP contribution in [0.2, 0.25) is 10.2 Å². The highest BCUT2D eigenvalue weighted by Gasteiger charge is 2.24. The van der Waals surface area contributed by atoms with Gasteiger partial charge >= 0.3 is 0 Å². The van der Waals surface area contributed by atoms with E-state index in [9.17, 15) is 9.59 Å². The number of amides is 1. The molecule has 1 saturated heterocycles. The quantitative estimate of drug-likeness (QED) is 0.439. The molecule has 160 valence electrons. The second-order valence-electron chi connectivity index (χ2n) is 7.89. The van der Waals surface area contributed by atoms with Crippen molar-refractivity contribution in [2.45, 2.75) is 25.3 Å². The highest BCUT2D eigenvalue weighted by Crippen LogP contribution is 2.32. The van der Waals surface area contributed by atoms with Crippen molar-refractivity contribution in [1.29, 1.82) is 0 Å². The third kappa shape index (κ3) is 3.59. The van der Waals surface area contributed by atoms with Gasteiger partial charge in [-0.1, -0.05) is 23.2 Å². The van der Waals surface area contributed by atoms with Gasteiger partial charge < -0.3 is 10.2 Å². The SMILES string of the molecule is CN1CCCC1CCNC(=O)c1c(=O)c2ccc(Cl)nc2n2c1sc1ccc(Cl)cc12. The summed E-state index contributed by atoms with van der Waals surface area (Å²) >= 11 is 13.7. The van der Waals surface area contributed by atoms with Crippen LogP contribution in [0, 0.1) is 0 Å². The van der Waals surface area contributed by atoms with E-state index in [0.29, 0.717) is 33.5 Å². The second-order valence-corrected chi connectivity index (χ2v) is 9.74. The van der Waals surface area contributed by atoms with E-state index in [1.807, 2.05) is 16.5 Å². The van der Waals surface area contributed by atoms with E-state index in [1.165, 1.54) is 17.8 Å². The van der Waals surface area contributed by atoms with Gasteiger partial charge in [-0.3, -0.25) is 14.0 Å². The molecule has 1 fully saturated rings. The second kappa shape index (κ2) is 8.06. The molecule has 3 aromatic heterocycles. The number of nitrogens with one attached hydrogen (secondary N) is 1. The number of carbonyl (C=O) groups excluding carboxylic acids is 1. The van der Waals surface area contributed by atoms with Crippen LogP contribution in [0.5, 0.6) is 0 Å². The monoisotopic (exact) mass is 474 g/mol. The maximum Gasteiger partial charge on any atom is 0.258 e. The number of nitrogens with zero attached hydrogens (tertiary/aromatic N) is 3. The van der Waals surface area contributed by atoms with Crippen molar-refractivity contribution in [2.24, 2.45) is 0 Å². The zero-order valence-corrected chi connectivity index (χ0v) is 19.2. The van der Waals surface area contributed by atoms with Crippen LogP contribution in [-0.2, 0) is 0 Å². The molecule has 31 heavy (non-hydrogen) atoms. The number of fused-ring (bicyclic) bond motifs is 5. The van der Waals surface area contributed by atoms with Crippen molar-refractivity contribution in [3.05, 3.63) is 56.3 Å². The minimum absolute atomic E-state index is 0.133. The molecule has 0 bridgehead atoms. The molecule has 6 nitrogen and oxygen atoms in total. The van der Waals surface area contributed by atoms with Gasteiger partial charge in [0.15, 0.2) is 5.65 Å². The van der Waals surface area contributed by atoms with Crippen molar-refractivity contribution in [1.82, 2.24) is 19.6 Å². The number of hydrogen-bond acceptors (Lipinski definition) is 5. The van der Waals surface area contributed by atoms with Crippen molar-refractivity contribution in [3.63, 3.8) is 0 Å². The molecule has 1 aliphatic rings. The summed E-state index contributed by atoms with van der Waals surface area (Å²) in [4.78, 5) is 33.8. The zero-order valence-electron chi connectivity index (χ0n) is 16.8. The lowest BCUT2D eigenvalue weighted by Gasteiger charge is -2.19. The van der Waals surface area contributed by atoms with E-state index in [2.05, 4.69) is 22.2 Å². The summed E-state index contributed by atoms with van der Waals surface area (Å²) in [6, 6.07) is 9.14. The average Bonchev–Trinajstić information content (AvgIpc) is 3.31. The molecule has 4 heterocycles. The van der Waals surface area contributed by atoms with E-state index < -0.39 is 0 Å². The average molecular weight is 475 g/mol. The number of thiazole rings is 1. The maximum atomic E-state index is 13.3. The van der Waals surface area contributed by atoms with Gasteiger partial charge in [0.1, 0.15) is 15.5 Å². The number of carbonyl (C=O) groups is 1. The van der Waals surface area contributed by atoms with Crippen LogP contribution in [0.4, 0.5) is 0 Å². The highest BCUT2D eigenvalue weighted by atomic mass is 35.5. The Hall–Kier alpha value is -2.19. The molecular formula is C22H20Cl2N4O2S. The fraction of sp³-hybridized carbons (Fsp3) is 0.318. The first-order valence-electron chi connectivity index (χ1n) is 10.2. The van der Waals surface area contributed by atoms with E-state index in [-0.39, 0.29) is 22.1 Å². The number of likely N-dealkylation sites (tertiary alicyclic amines) is 1. The topological polar surface area (TPSA) is 66.7 Å². The van der Waals surface area contributed by atoms with Crippen LogP contribution in [0.3, 0.4) is 0 Å². The molecule has 5 rings (SSSR count). The van der Waals surface area contributed by atoms with Gasteiger partial charge in [-0.2, -0.15) is 0 Å². The Morgan fingerprint density at radius 1 is 1.29 bits per heavy atom. The summed E-state index contributed by atoms with van der Waals surface area (Å²) in [6.07, 6.45) is 3.18. The molecule has 1 aromatic carbocycles. The number of hydrogen-bond donors (Lipinski definition) is 1. The van der Waals surface area contributed by atoms with E-state index >= 15 is 0 Å². The predicted octanol–water partition coefficient (Wildman–Crippen LogP) is 4.58. The largest absolute Gasteiger partial charge is 0.352 e. The molecule has 1 aliphatic heterocycles. The summed E-state index contributed by atoms with van der Waals surface area (Å²) in [7, 11) is 2.11. The fourth-order valence-corrected chi connectivity index (χ4v) is 5.85.